The van der Waals surface area contributed by atoms with Gasteiger partial charge in [0.25, 0.3) is 0 Å². The Morgan fingerprint density at radius 1 is 1.24 bits per heavy atom. The second kappa shape index (κ2) is 6.03. The number of aromatic nitrogens is 3. The largest absolute Gasteiger partial charge is 0.295 e. The van der Waals surface area contributed by atoms with E-state index in [1.165, 1.54) is 23.4 Å². The van der Waals surface area contributed by atoms with E-state index in [0.29, 0.717) is 31.0 Å². The minimum absolute atomic E-state index is 0.00534. The van der Waals surface area contributed by atoms with E-state index >= 15 is 0 Å². The Morgan fingerprint density at radius 2 is 2.04 bits per heavy atom. The molecule has 0 radical (unpaired) electrons. The summed E-state index contributed by atoms with van der Waals surface area (Å²) in [5.74, 6) is 0.385. The van der Waals surface area contributed by atoms with Gasteiger partial charge < -0.3 is 0 Å². The van der Waals surface area contributed by atoms with Gasteiger partial charge in [-0.3, -0.25) is 4.79 Å². The molecular formula is C17H20N4O3S. The van der Waals surface area contributed by atoms with Crippen molar-refractivity contribution in [2.45, 2.75) is 43.0 Å². The fourth-order valence-corrected chi connectivity index (χ4v) is 4.74. The van der Waals surface area contributed by atoms with Crippen molar-refractivity contribution >= 4 is 15.8 Å². The van der Waals surface area contributed by atoms with Crippen LogP contribution in [0.4, 0.5) is 0 Å². The van der Waals surface area contributed by atoms with Gasteiger partial charge in [0.1, 0.15) is 0 Å². The number of hydrogen-bond donors (Lipinski definition) is 0. The fourth-order valence-electron chi connectivity index (χ4n) is 3.20. The van der Waals surface area contributed by atoms with Gasteiger partial charge in [-0.25, -0.2) is 13.1 Å². The van der Waals surface area contributed by atoms with Crippen LogP contribution in [0.2, 0.25) is 0 Å². The first kappa shape index (κ1) is 16.4. The number of rotatable bonds is 5. The van der Waals surface area contributed by atoms with E-state index < -0.39 is 10.0 Å². The lowest BCUT2D eigenvalue weighted by molar-refractivity contribution is 0.101. The molecule has 132 valence electrons. The smallest absolute Gasteiger partial charge is 0.243 e. The molecule has 0 spiro atoms. The molecule has 1 aliphatic carbocycles. The molecule has 1 aliphatic heterocycles. The number of carbonyl (C=O) groups is 1. The summed E-state index contributed by atoms with van der Waals surface area (Å²) in [6.45, 7) is 2.25. The third-order valence-electron chi connectivity index (χ3n) is 4.90. The second-order valence-electron chi connectivity index (χ2n) is 6.79. The van der Waals surface area contributed by atoms with Crippen molar-refractivity contribution in [2.24, 2.45) is 0 Å². The highest BCUT2D eigenvalue weighted by molar-refractivity contribution is 7.89. The number of carbonyl (C=O) groups excluding carboxylic acids is 1. The van der Waals surface area contributed by atoms with Gasteiger partial charge in [-0.05, 0) is 38.3 Å². The predicted molar refractivity (Wildman–Crippen MR) is 90.9 cm³/mol. The lowest BCUT2D eigenvalue weighted by Gasteiger charge is -2.17. The molecule has 1 aromatic carbocycles. The quantitative estimate of drug-likeness (QED) is 0.761. The van der Waals surface area contributed by atoms with Gasteiger partial charge in [0, 0.05) is 30.8 Å². The van der Waals surface area contributed by atoms with Crippen LogP contribution in [0.15, 0.2) is 35.4 Å². The van der Waals surface area contributed by atoms with E-state index in [1.807, 2.05) is 6.20 Å². The molecule has 0 N–H and O–H groups in total. The van der Waals surface area contributed by atoms with Crippen LogP contribution < -0.4 is 0 Å². The average molecular weight is 360 g/mol. The van der Waals surface area contributed by atoms with E-state index in [4.69, 9.17) is 0 Å². The van der Waals surface area contributed by atoms with E-state index in [-0.39, 0.29) is 16.7 Å². The molecule has 2 heterocycles. The minimum atomic E-state index is -3.61. The Labute approximate surface area is 146 Å². The van der Waals surface area contributed by atoms with Crippen molar-refractivity contribution in [3.63, 3.8) is 0 Å². The highest BCUT2D eigenvalue weighted by Gasteiger charge is 2.35. The van der Waals surface area contributed by atoms with Crippen LogP contribution in [0.5, 0.6) is 0 Å². The third kappa shape index (κ3) is 3.11. The van der Waals surface area contributed by atoms with Crippen LogP contribution in [0.1, 0.15) is 54.2 Å². The van der Waals surface area contributed by atoms with Crippen molar-refractivity contribution in [2.75, 3.05) is 13.1 Å². The Kier molecular flexibility index (Phi) is 3.96. The molecular weight excluding hydrogens is 340 g/mol. The molecule has 25 heavy (non-hydrogen) atoms. The van der Waals surface area contributed by atoms with Crippen LogP contribution in [0.25, 0.3) is 0 Å². The first-order chi connectivity index (χ1) is 11.9. The lowest BCUT2D eigenvalue weighted by atomic mass is 10.2. The Hall–Kier alpha value is -2.06. The van der Waals surface area contributed by atoms with Gasteiger partial charge in [-0.15, -0.1) is 5.10 Å². The number of hydrogen-bond acceptors (Lipinski definition) is 5. The molecule has 7 nitrogen and oxygen atoms in total. The summed E-state index contributed by atoms with van der Waals surface area (Å²) in [4.78, 5) is 11.7. The van der Waals surface area contributed by atoms with Gasteiger partial charge in [-0.1, -0.05) is 17.3 Å². The zero-order valence-corrected chi connectivity index (χ0v) is 14.8. The normalized spacial score (nSPS) is 21.6. The van der Waals surface area contributed by atoms with Crippen LogP contribution in [-0.4, -0.2) is 46.6 Å². The highest BCUT2D eigenvalue weighted by Crippen LogP contribution is 2.39. The van der Waals surface area contributed by atoms with Crippen LogP contribution in [0, 0.1) is 0 Å². The number of nitrogens with zero attached hydrogens (tertiary/aromatic N) is 4. The van der Waals surface area contributed by atoms with Crippen molar-refractivity contribution in [3.8, 4) is 0 Å². The zero-order chi connectivity index (χ0) is 17.6. The van der Waals surface area contributed by atoms with Gasteiger partial charge >= 0.3 is 0 Å². The summed E-state index contributed by atoms with van der Waals surface area (Å²) in [5, 5.41) is 8.39. The van der Waals surface area contributed by atoms with Gasteiger partial charge in [0.2, 0.25) is 10.0 Å². The van der Waals surface area contributed by atoms with Crippen molar-refractivity contribution in [1.29, 1.82) is 0 Å². The number of sulfonamides is 1. The van der Waals surface area contributed by atoms with E-state index in [9.17, 15) is 13.2 Å². The number of ketones is 1. The summed E-state index contributed by atoms with van der Waals surface area (Å²) >= 11 is 0. The summed E-state index contributed by atoms with van der Waals surface area (Å²) in [5.41, 5.74) is 1.41. The monoisotopic (exact) mass is 360 g/mol. The molecule has 2 aliphatic rings. The number of Topliss-reactive ketones (excluding diaryl/α,β-unsaturated/α-hetero) is 1. The Balaban J connectivity index is 1.53. The molecule has 1 atom stereocenters. The molecule has 0 amide bonds. The van der Waals surface area contributed by atoms with E-state index in [0.717, 1.165) is 18.5 Å². The molecule has 1 unspecified atom stereocenters. The van der Waals surface area contributed by atoms with Crippen molar-refractivity contribution in [1.82, 2.24) is 19.3 Å². The maximum absolute atomic E-state index is 12.9. The van der Waals surface area contributed by atoms with Crippen LogP contribution in [0.3, 0.4) is 0 Å². The van der Waals surface area contributed by atoms with Crippen molar-refractivity contribution < 1.29 is 13.2 Å². The Bertz CT molecular complexity index is 917. The summed E-state index contributed by atoms with van der Waals surface area (Å²) in [6, 6.07) is 6.23. The topological polar surface area (TPSA) is 85.2 Å². The number of benzene rings is 1. The maximum Gasteiger partial charge on any atom is 0.243 e. The fraction of sp³-hybridized carbons (Fsp3) is 0.471. The summed E-state index contributed by atoms with van der Waals surface area (Å²) < 4.78 is 29.0. The molecule has 2 aromatic rings. The molecule has 4 rings (SSSR count). The Morgan fingerprint density at radius 3 is 2.76 bits per heavy atom. The molecule has 2 fully saturated rings. The molecule has 1 saturated heterocycles. The molecule has 0 bridgehead atoms. The SMILES string of the molecule is CC(=O)c1cccc(S(=O)(=O)N2CCC(n3cc(C4CC4)nn3)C2)c1. The first-order valence-electron chi connectivity index (χ1n) is 8.48. The van der Waals surface area contributed by atoms with Crippen LogP contribution >= 0.6 is 0 Å². The van der Waals surface area contributed by atoms with E-state index in [2.05, 4.69) is 10.3 Å². The summed E-state index contributed by atoms with van der Waals surface area (Å²) in [6.07, 6.45) is 4.99. The highest BCUT2D eigenvalue weighted by atomic mass is 32.2. The van der Waals surface area contributed by atoms with Gasteiger partial charge in [0.15, 0.2) is 5.78 Å². The molecule has 1 aromatic heterocycles. The lowest BCUT2D eigenvalue weighted by Crippen LogP contribution is -2.29. The predicted octanol–water partition coefficient (Wildman–Crippen LogP) is 1.99. The van der Waals surface area contributed by atoms with Crippen LogP contribution in [-0.2, 0) is 10.0 Å². The van der Waals surface area contributed by atoms with E-state index in [1.54, 1.807) is 16.8 Å². The minimum Gasteiger partial charge on any atom is -0.295 e. The van der Waals surface area contributed by atoms with Gasteiger partial charge in [-0.2, -0.15) is 4.31 Å². The maximum atomic E-state index is 12.9. The first-order valence-corrected chi connectivity index (χ1v) is 9.92. The summed E-state index contributed by atoms with van der Waals surface area (Å²) in [7, 11) is -3.61. The van der Waals surface area contributed by atoms with Gasteiger partial charge in [0.05, 0.1) is 16.6 Å². The zero-order valence-electron chi connectivity index (χ0n) is 14.0. The van der Waals surface area contributed by atoms with Crippen molar-refractivity contribution in [3.05, 3.63) is 41.7 Å². The second-order valence-corrected chi connectivity index (χ2v) is 8.73. The standard InChI is InChI=1S/C17H20N4O3S/c1-12(22)14-3-2-4-16(9-14)25(23,24)20-8-7-15(10-20)21-11-17(18-19-21)13-5-6-13/h2-4,9,11,13,15H,5-8,10H2,1H3. The molecule has 1 saturated carbocycles. The third-order valence-corrected chi connectivity index (χ3v) is 6.76. The molecule has 8 heteroatoms. The average Bonchev–Trinajstić information content (AvgIpc) is 3.12.